The highest BCUT2D eigenvalue weighted by Crippen LogP contribution is 2.30. The lowest BCUT2D eigenvalue weighted by molar-refractivity contribution is -0.117. The average molecular weight is 219 g/mol. The van der Waals surface area contributed by atoms with E-state index in [1.807, 2.05) is 36.2 Å². The van der Waals surface area contributed by atoms with E-state index in [4.69, 9.17) is 5.73 Å². The van der Waals surface area contributed by atoms with Crippen LogP contribution in [0.15, 0.2) is 24.3 Å². The van der Waals surface area contributed by atoms with Gasteiger partial charge in [0, 0.05) is 20.0 Å². The van der Waals surface area contributed by atoms with Crippen molar-refractivity contribution in [2.45, 2.75) is 6.42 Å². The Labute approximate surface area is 95.4 Å². The van der Waals surface area contributed by atoms with Gasteiger partial charge in [0.2, 0.25) is 5.91 Å². The molecule has 4 heteroatoms. The average Bonchev–Trinajstić information content (AvgIpc) is 2.70. The van der Waals surface area contributed by atoms with Gasteiger partial charge in [-0.2, -0.15) is 0 Å². The molecular formula is C12H17N3O. The molecule has 1 saturated heterocycles. The predicted octanol–water partition coefficient (Wildman–Crippen LogP) is 1.04. The molecule has 3 N–H and O–H groups in total. The van der Waals surface area contributed by atoms with Crippen molar-refractivity contribution in [1.29, 1.82) is 0 Å². The van der Waals surface area contributed by atoms with Crippen LogP contribution >= 0.6 is 0 Å². The molecule has 1 aliphatic heterocycles. The van der Waals surface area contributed by atoms with E-state index in [2.05, 4.69) is 5.32 Å². The van der Waals surface area contributed by atoms with Gasteiger partial charge in [-0.15, -0.1) is 0 Å². The van der Waals surface area contributed by atoms with E-state index in [0.29, 0.717) is 13.0 Å². The summed E-state index contributed by atoms with van der Waals surface area (Å²) in [6.45, 7) is 1.30. The Morgan fingerprint density at radius 2 is 2.25 bits per heavy atom. The number of carbonyl (C=O) groups excluding carboxylic acids is 1. The SMILES string of the molecule is CNc1ccccc1N1CC(CN)CC1=O. The lowest BCUT2D eigenvalue weighted by atomic mass is 10.1. The standard InChI is InChI=1S/C12H17N3O/c1-14-10-4-2-3-5-11(10)15-8-9(7-13)6-12(15)16/h2-5,9,14H,6-8,13H2,1H3. The number of amides is 1. The second-order valence-corrected chi connectivity index (χ2v) is 4.08. The van der Waals surface area contributed by atoms with Crippen LogP contribution in [0.3, 0.4) is 0 Å². The molecule has 0 aromatic heterocycles. The van der Waals surface area contributed by atoms with Crippen molar-refractivity contribution < 1.29 is 4.79 Å². The molecule has 1 aliphatic rings. The van der Waals surface area contributed by atoms with Crippen LogP contribution < -0.4 is 16.0 Å². The van der Waals surface area contributed by atoms with Crippen molar-refractivity contribution in [2.75, 3.05) is 30.4 Å². The Morgan fingerprint density at radius 3 is 2.88 bits per heavy atom. The number of anilines is 2. The summed E-state index contributed by atoms with van der Waals surface area (Å²) in [6, 6.07) is 7.83. The third-order valence-electron chi connectivity index (χ3n) is 3.00. The maximum atomic E-state index is 11.9. The molecule has 0 bridgehead atoms. The lowest BCUT2D eigenvalue weighted by Gasteiger charge is -2.19. The number of carbonyl (C=O) groups is 1. The van der Waals surface area contributed by atoms with E-state index < -0.39 is 0 Å². The molecule has 0 aliphatic carbocycles. The number of nitrogens with zero attached hydrogens (tertiary/aromatic N) is 1. The highest BCUT2D eigenvalue weighted by molar-refractivity contribution is 5.98. The van der Waals surface area contributed by atoms with Gasteiger partial charge in [0.15, 0.2) is 0 Å². The fourth-order valence-electron chi connectivity index (χ4n) is 2.09. The maximum Gasteiger partial charge on any atom is 0.227 e. The summed E-state index contributed by atoms with van der Waals surface area (Å²) >= 11 is 0. The molecule has 16 heavy (non-hydrogen) atoms. The molecular weight excluding hydrogens is 202 g/mol. The molecule has 1 aromatic rings. The highest BCUT2D eigenvalue weighted by atomic mass is 16.2. The van der Waals surface area contributed by atoms with Crippen molar-refractivity contribution in [3.8, 4) is 0 Å². The largest absolute Gasteiger partial charge is 0.386 e. The van der Waals surface area contributed by atoms with Crippen LogP contribution in [0.2, 0.25) is 0 Å². The number of nitrogens with two attached hydrogens (primary N) is 1. The van der Waals surface area contributed by atoms with Crippen LogP contribution in [0.5, 0.6) is 0 Å². The fraction of sp³-hybridized carbons (Fsp3) is 0.417. The van der Waals surface area contributed by atoms with Gasteiger partial charge >= 0.3 is 0 Å². The van der Waals surface area contributed by atoms with Gasteiger partial charge in [0.05, 0.1) is 11.4 Å². The maximum absolute atomic E-state index is 11.9. The molecule has 0 spiro atoms. The van der Waals surface area contributed by atoms with E-state index in [1.165, 1.54) is 0 Å². The van der Waals surface area contributed by atoms with Gasteiger partial charge in [0.1, 0.15) is 0 Å². The van der Waals surface area contributed by atoms with Crippen LogP contribution in [-0.2, 0) is 4.79 Å². The summed E-state index contributed by atoms with van der Waals surface area (Å²) in [6.07, 6.45) is 0.564. The first kappa shape index (κ1) is 11.0. The minimum absolute atomic E-state index is 0.165. The Bertz CT molecular complexity index is 392. The van der Waals surface area contributed by atoms with Gasteiger partial charge in [-0.1, -0.05) is 12.1 Å². The molecule has 86 valence electrons. The number of para-hydroxylation sites is 2. The molecule has 1 fully saturated rings. The van der Waals surface area contributed by atoms with Gasteiger partial charge in [-0.25, -0.2) is 0 Å². The molecule has 1 unspecified atom stereocenters. The monoisotopic (exact) mass is 219 g/mol. The minimum Gasteiger partial charge on any atom is -0.386 e. The molecule has 1 amide bonds. The zero-order valence-corrected chi connectivity index (χ0v) is 9.44. The Kier molecular flexibility index (Phi) is 3.10. The van der Waals surface area contributed by atoms with Gasteiger partial charge in [-0.3, -0.25) is 4.79 Å². The van der Waals surface area contributed by atoms with E-state index >= 15 is 0 Å². The number of rotatable bonds is 3. The first-order valence-electron chi connectivity index (χ1n) is 5.53. The summed E-state index contributed by atoms with van der Waals surface area (Å²) in [5.41, 5.74) is 7.54. The lowest BCUT2D eigenvalue weighted by Crippen LogP contribution is -2.26. The number of hydrogen-bond donors (Lipinski definition) is 2. The minimum atomic E-state index is 0.165. The van der Waals surface area contributed by atoms with Crippen molar-refractivity contribution >= 4 is 17.3 Å². The first-order valence-corrected chi connectivity index (χ1v) is 5.53. The van der Waals surface area contributed by atoms with E-state index in [0.717, 1.165) is 17.9 Å². The van der Waals surface area contributed by atoms with Crippen molar-refractivity contribution in [1.82, 2.24) is 0 Å². The van der Waals surface area contributed by atoms with Crippen molar-refractivity contribution in [3.05, 3.63) is 24.3 Å². The normalized spacial score (nSPS) is 20.2. The van der Waals surface area contributed by atoms with Crippen LogP contribution in [0, 0.1) is 5.92 Å². The summed E-state index contributed by atoms with van der Waals surface area (Å²) in [4.78, 5) is 13.7. The Morgan fingerprint density at radius 1 is 1.50 bits per heavy atom. The summed E-state index contributed by atoms with van der Waals surface area (Å²) in [7, 11) is 1.86. The second kappa shape index (κ2) is 4.53. The van der Waals surface area contributed by atoms with Crippen LogP contribution in [0.25, 0.3) is 0 Å². The smallest absolute Gasteiger partial charge is 0.227 e. The number of hydrogen-bond acceptors (Lipinski definition) is 3. The van der Waals surface area contributed by atoms with E-state index in [9.17, 15) is 4.79 Å². The van der Waals surface area contributed by atoms with Crippen LogP contribution in [-0.4, -0.2) is 26.0 Å². The Balaban J connectivity index is 2.27. The van der Waals surface area contributed by atoms with Crippen LogP contribution in [0.1, 0.15) is 6.42 Å². The van der Waals surface area contributed by atoms with Gasteiger partial charge in [-0.05, 0) is 24.6 Å². The quantitative estimate of drug-likeness (QED) is 0.798. The molecule has 2 rings (SSSR count). The fourth-order valence-corrected chi connectivity index (χ4v) is 2.09. The van der Waals surface area contributed by atoms with Crippen LogP contribution in [0.4, 0.5) is 11.4 Å². The second-order valence-electron chi connectivity index (χ2n) is 4.08. The first-order chi connectivity index (χ1) is 7.76. The molecule has 0 radical (unpaired) electrons. The predicted molar refractivity (Wildman–Crippen MR) is 65.5 cm³/mol. The van der Waals surface area contributed by atoms with E-state index in [-0.39, 0.29) is 11.8 Å². The zero-order valence-electron chi connectivity index (χ0n) is 9.44. The zero-order chi connectivity index (χ0) is 11.5. The molecule has 4 nitrogen and oxygen atoms in total. The van der Waals surface area contributed by atoms with Crippen molar-refractivity contribution in [3.63, 3.8) is 0 Å². The summed E-state index contributed by atoms with van der Waals surface area (Å²) < 4.78 is 0. The van der Waals surface area contributed by atoms with E-state index in [1.54, 1.807) is 0 Å². The topological polar surface area (TPSA) is 58.4 Å². The number of benzene rings is 1. The molecule has 1 atom stereocenters. The molecule has 0 saturated carbocycles. The Hall–Kier alpha value is -1.55. The number of nitrogens with one attached hydrogen (secondary N) is 1. The molecule has 1 heterocycles. The highest BCUT2D eigenvalue weighted by Gasteiger charge is 2.30. The third kappa shape index (κ3) is 1.88. The summed E-state index contributed by atoms with van der Waals surface area (Å²) in [5.74, 6) is 0.454. The van der Waals surface area contributed by atoms with Gasteiger partial charge < -0.3 is 16.0 Å². The van der Waals surface area contributed by atoms with Gasteiger partial charge in [0.25, 0.3) is 0 Å². The van der Waals surface area contributed by atoms with Crippen molar-refractivity contribution in [2.24, 2.45) is 11.7 Å². The summed E-state index contributed by atoms with van der Waals surface area (Å²) in [5, 5.41) is 3.10. The molecule has 1 aromatic carbocycles. The third-order valence-corrected chi connectivity index (χ3v) is 3.00.